The van der Waals surface area contributed by atoms with Gasteiger partial charge in [-0.2, -0.15) is 4.31 Å². The van der Waals surface area contributed by atoms with Gasteiger partial charge in [-0.25, -0.2) is 8.42 Å². The van der Waals surface area contributed by atoms with E-state index in [1.54, 1.807) is 7.05 Å². The molecule has 0 spiro atoms. The van der Waals surface area contributed by atoms with Crippen LogP contribution in [0.2, 0.25) is 0 Å². The molecule has 0 saturated carbocycles. The molecule has 8 nitrogen and oxygen atoms in total. The predicted molar refractivity (Wildman–Crippen MR) is 95.3 cm³/mol. The molecule has 0 radical (unpaired) electrons. The Balaban J connectivity index is 1.80. The van der Waals surface area contributed by atoms with Crippen LogP contribution in [0.4, 0.5) is 5.13 Å². The van der Waals surface area contributed by atoms with Crippen molar-refractivity contribution >= 4 is 32.4 Å². The molecule has 3 heterocycles. The Morgan fingerprint density at radius 3 is 2.64 bits per heavy atom. The zero-order valence-electron chi connectivity index (χ0n) is 14.2. The first-order valence-electron chi connectivity index (χ1n) is 8.22. The smallest absolute Gasteiger partial charge is 0.274 e. The molecule has 0 aliphatic carbocycles. The van der Waals surface area contributed by atoms with E-state index in [0.29, 0.717) is 18.2 Å². The van der Waals surface area contributed by atoms with Crippen molar-refractivity contribution in [2.45, 2.75) is 37.5 Å². The standard InChI is InChI=1S/C15H21N5O3S2/c1-3-13-17-18-15(24-13)16-14(21)12-9-11(10-19(12)2)25(22,23)20-7-5-4-6-8-20/h9-10H,3-8H2,1-2H3,(H,16,18,21). The number of rotatable bonds is 5. The number of carbonyl (C=O) groups is 1. The second-order valence-corrected chi connectivity index (χ2v) is 8.95. The minimum atomic E-state index is -3.56. The van der Waals surface area contributed by atoms with Crippen LogP contribution in [0.1, 0.15) is 41.7 Å². The molecule has 3 rings (SSSR count). The van der Waals surface area contributed by atoms with E-state index in [2.05, 4.69) is 15.5 Å². The molecule has 1 aliphatic rings. The van der Waals surface area contributed by atoms with Crippen molar-refractivity contribution in [1.82, 2.24) is 19.1 Å². The number of aryl methyl sites for hydroxylation is 2. The van der Waals surface area contributed by atoms with Crippen molar-refractivity contribution in [3.8, 4) is 0 Å². The fourth-order valence-corrected chi connectivity index (χ4v) is 5.03. The van der Waals surface area contributed by atoms with Gasteiger partial charge < -0.3 is 4.57 Å². The van der Waals surface area contributed by atoms with Gasteiger partial charge in [-0.15, -0.1) is 10.2 Å². The Hall–Kier alpha value is -1.78. The van der Waals surface area contributed by atoms with Gasteiger partial charge in [-0.1, -0.05) is 24.7 Å². The zero-order chi connectivity index (χ0) is 18.0. The van der Waals surface area contributed by atoms with Crippen molar-refractivity contribution in [2.24, 2.45) is 7.05 Å². The Labute approximate surface area is 150 Å². The van der Waals surface area contributed by atoms with Crippen molar-refractivity contribution in [1.29, 1.82) is 0 Å². The molecule has 0 atom stereocenters. The van der Waals surface area contributed by atoms with Crippen LogP contribution in [-0.2, 0) is 23.5 Å². The van der Waals surface area contributed by atoms with Crippen LogP contribution in [0, 0.1) is 0 Å². The topological polar surface area (TPSA) is 97.2 Å². The SMILES string of the molecule is CCc1nnc(NC(=O)c2cc(S(=O)(=O)N3CCCCC3)cn2C)s1. The molecule has 1 amide bonds. The molecule has 1 N–H and O–H groups in total. The van der Waals surface area contributed by atoms with Crippen LogP contribution in [0.5, 0.6) is 0 Å². The fourth-order valence-electron chi connectivity index (χ4n) is 2.76. The van der Waals surface area contributed by atoms with Crippen LogP contribution in [0.3, 0.4) is 0 Å². The summed E-state index contributed by atoms with van der Waals surface area (Å²) in [5.41, 5.74) is 0.267. The molecule has 2 aromatic heterocycles. The number of carbonyl (C=O) groups excluding carboxylic acids is 1. The molecule has 10 heteroatoms. The molecule has 1 fully saturated rings. The van der Waals surface area contributed by atoms with E-state index >= 15 is 0 Å². The van der Waals surface area contributed by atoms with E-state index in [9.17, 15) is 13.2 Å². The minimum absolute atomic E-state index is 0.147. The third-order valence-corrected chi connectivity index (χ3v) is 7.00. The highest BCUT2D eigenvalue weighted by atomic mass is 32.2. The first-order chi connectivity index (χ1) is 11.9. The lowest BCUT2D eigenvalue weighted by molar-refractivity contribution is 0.101. The van der Waals surface area contributed by atoms with Gasteiger partial charge in [0.05, 0.1) is 0 Å². The normalized spacial score (nSPS) is 16.1. The summed E-state index contributed by atoms with van der Waals surface area (Å²) in [6, 6.07) is 1.42. The Morgan fingerprint density at radius 2 is 2.00 bits per heavy atom. The molecule has 136 valence electrons. The zero-order valence-corrected chi connectivity index (χ0v) is 15.9. The van der Waals surface area contributed by atoms with E-state index < -0.39 is 15.9 Å². The number of sulfonamides is 1. The van der Waals surface area contributed by atoms with Gasteiger partial charge >= 0.3 is 0 Å². The third-order valence-electron chi connectivity index (χ3n) is 4.16. The van der Waals surface area contributed by atoms with Gasteiger partial charge in [0, 0.05) is 26.3 Å². The number of nitrogens with zero attached hydrogens (tertiary/aromatic N) is 4. The summed E-state index contributed by atoms with van der Waals surface area (Å²) in [6.07, 6.45) is 5.02. The molecule has 25 heavy (non-hydrogen) atoms. The summed E-state index contributed by atoms with van der Waals surface area (Å²) >= 11 is 1.31. The highest BCUT2D eigenvalue weighted by Crippen LogP contribution is 2.23. The van der Waals surface area contributed by atoms with Crippen LogP contribution < -0.4 is 5.32 Å². The average molecular weight is 383 g/mol. The minimum Gasteiger partial charge on any atom is -0.345 e. The Kier molecular flexibility index (Phi) is 5.21. The summed E-state index contributed by atoms with van der Waals surface area (Å²) in [6.45, 7) is 3.02. The third kappa shape index (κ3) is 3.75. The van der Waals surface area contributed by atoms with E-state index in [1.807, 2.05) is 6.92 Å². The average Bonchev–Trinajstić information content (AvgIpc) is 3.22. The number of nitrogens with one attached hydrogen (secondary N) is 1. The van der Waals surface area contributed by atoms with E-state index in [-0.39, 0.29) is 10.6 Å². The lowest BCUT2D eigenvalue weighted by Crippen LogP contribution is -2.35. The molecular weight excluding hydrogens is 362 g/mol. The summed E-state index contributed by atoms with van der Waals surface area (Å²) in [4.78, 5) is 12.6. The summed E-state index contributed by atoms with van der Waals surface area (Å²) in [7, 11) is -1.91. The Bertz CT molecular complexity index is 866. The highest BCUT2D eigenvalue weighted by molar-refractivity contribution is 7.89. The molecule has 0 unspecified atom stereocenters. The van der Waals surface area contributed by atoms with E-state index in [1.165, 1.54) is 32.5 Å². The largest absolute Gasteiger partial charge is 0.345 e. The maximum absolute atomic E-state index is 12.7. The number of aromatic nitrogens is 3. The van der Waals surface area contributed by atoms with Gasteiger partial charge in [0.15, 0.2) is 0 Å². The summed E-state index contributed by atoms with van der Waals surface area (Å²) in [5, 5.41) is 11.8. The van der Waals surface area contributed by atoms with Crippen molar-refractivity contribution in [2.75, 3.05) is 18.4 Å². The van der Waals surface area contributed by atoms with Crippen molar-refractivity contribution in [3.05, 3.63) is 23.0 Å². The highest BCUT2D eigenvalue weighted by Gasteiger charge is 2.28. The monoisotopic (exact) mass is 383 g/mol. The maximum Gasteiger partial charge on any atom is 0.274 e. The van der Waals surface area contributed by atoms with Crippen molar-refractivity contribution in [3.63, 3.8) is 0 Å². The second kappa shape index (κ2) is 7.22. The molecule has 1 aliphatic heterocycles. The summed E-state index contributed by atoms with van der Waals surface area (Å²) in [5.74, 6) is -0.401. The van der Waals surface area contributed by atoms with Gasteiger partial charge in [0.2, 0.25) is 15.2 Å². The number of amides is 1. The first-order valence-corrected chi connectivity index (χ1v) is 10.5. The number of hydrogen-bond acceptors (Lipinski definition) is 6. The Morgan fingerprint density at radius 1 is 1.28 bits per heavy atom. The molecule has 0 aromatic carbocycles. The number of hydrogen-bond donors (Lipinski definition) is 1. The van der Waals surface area contributed by atoms with Gasteiger partial charge in [0.25, 0.3) is 5.91 Å². The first kappa shape index (κ1) is 18.0. The molecule has 1 saturated heterocycles. The molecular formula is C15H21N5O3S2. The fraction of sp³-hybridized carbons (Fsp3) is 0.533. The number of anilines is 1. The van der Waals surface area contributed by atoms with E-state index in [4.69, 9.17) is 0 Å². The summed E-state index contributed by atoms with van der Waals surface area (Å²) < 4.78 is 28.5. The van der Waals surface area contributed by atoms with Gasteiger partial charge in [-0.3, -0.25) is 10.1 Å². The van der Waals surface area contributed by atoms with Crippen LogP contribution >= 0.6 is 11.3 Å². The van der Waals surface area contributed by atoms with Crippen LogP contribution in [0.25, 0.3) is 0 Å². The lowest BCUT2D eigenvalue weighted by atomic mass is 10.2. The van der Waals surface area contributed by atoms with E-state index in [0.717, 1.165) is 30.7 Å². The second-order valence-electron chi connectivity index (χ2n) is 5.95. The van der Waals surface area contributed by atoms with Gasteiger partial charge in [-0.05, 0) is 25.3 Å². The quantitative estimate of drug-likeness (QED) is 0.850. The predicted octanol–water partition coefficient (Wildman–Crippen LogP) is 1.87. The lowest BCUT2D eigenvalue weighted by Gasteiger charge is -2.25. The van der Waals surface area contributed by atoms with Gasteiger partial charge in [0.1, 0.15) is 15.6 Å². The maximum atomic E-state index is 12.7. The molecule has 2 aromatic rings. The molecule has 0 bridgehead atoms. The van der Waals surface area contributed by atoms with Crippen LogP contribution in [-0.4, -0.2) is 46.5 Å². The van der Waals surface area contributed by atoms with Crippen molar-refractivity contribution < 1.29 is 13.2 Å². The van der Waals surface area contributed by atoms with Crippen LogP contribution in [0.15, 0.2) is 17.2 Å². The number of piperidine rings is 1.